The molecule has 0 unspecified atom stereocenters. The Bertz CT molecular complexity index is 955. The zero-order chi connectivity index (χ0) is 47.2. The SMILES string of the molecule is CCCCCC/C=C\CCCCCCCC(=O)OC(COC(=O)CCCCCCCCCCCCCCCCCCC)COC(=O)CCCCCCCCCCCCCCCCCCC. The van der Waals surface area contributed by atoms with Gasteiger partial charge in [0.05, 0.1) is 0 Å². The molecule has 65 heavy (non-hydrogen) atoms. The summed E-state index contributed by atoms with van der Waals surface area (Å²) in [6.07, 6.45) is 62.0. The maximum atomic E-state index is 12.8. The first-order valence-corrected chi connectivity index (χ1v) is 29.2. The van der Waals surface area contributed by atoms with Crippen LogP contribution in [0.2, 0.25) is 0 Å². The summed E-state index contributed by atoms with van der Waals surface area (Å²) in [6, 6.07) is 0. The minimum atomic E-state index is -0.768. The number of unbranched alkanes of at least 4 members (excludes halogenated alkanes) is 41. The molecule has 0 bridgehead atoms. The van der Waals surface area contributed by atoms with Crippen molar-refractivity contribution in [2.75, 3.05) is 13.2 Å². The molecule has 0 N–H and O–H groups in total. The van der Waals surface area contributed by atoms with Crippen molar-refractivity contribution in [3.05, 3.63) is 12.2 Å². The fourth-order valence-corrected chi connectivity index (χ4v) is 8.85. The van der Waals surface area contributed by atoms with Crippen molar-refractivity contribution < 1.29 is 28.6 Å². The van der Waals surface area contributed by atoms with Crippen LogP contribution in [0, 0.1) is 0 Å². The van der Waals surface area contributed by atoms with Crippen LogP contribution in [0.1, 0.15) is 329 Å². The molecule has 6 heteroatoms. The standard InChI is InChI=1S/C59H112O6/c1-4-7-10-13-16-19-22-25-27-29-31-34-36-39-42-45-48-51-57(60)63-54-56(65-59(62)53-50-47-44-41-38-33-24-21-18-15-12-9-6-3)55-64-58(61)52-49-46-43-40-37-35-32-30-28-26-23-20-17-14-11-8-5-2/h21,24,56H,4-20,22-23,25-55H2,1-3H3/b24-21-. The number of hydrogen-bond donors (Lipinski definition) is 0. The molecule has 384 valence electrons. The van der Waals surface area contributed by atoms with E-state index in [1.165, 1.54) is 225 Å². The number of rotatable bonds is 54. The highest BCUT2D eigenvalue weighted by atomic mass is 16.6. The van der Waals surface area contributed by atoms with Crippen molar-refractivity contribution in [3.63, 3.8) is 0 Å². The van der Waals surface area contributed by atoms with Crippen LogP contribution >= 0.6 is 0 Å². The Labute approximate surface area is 405 Å². The zero-order valence-electron chi connectivity index (χ0n) is 44.0. The van der Waals surface area contributed by atoms with E-state index >= 15 is 0 Å². The van der Waals surface area contributed by atoms with E-state index in [9.17, 15) is 14.4 Å². The summed E-state index contributed by atoms with van der Waals surface area (Å²) in [4.78, 5) is 38.1. The maximum absolute atomic E-state index is 12.8. The summed E-state index contributed by atoms with van der Waals surface area (Å²) in [5.41, 5.74) is 0. The molecule has 0 aliphatic heterocycles. The monoisotopic (exact) mass is 917 g/mol. The summed E-state index contributed by atoms with van der Waals surface area (Å²) in [5, 5.41) is 0. The smallest absolute Gasteiger partial charge is 0.306 e. The predicted octanol–water partition coefficient (Wildman–Crippen LogP) is 19.3. The number of ether oxygens (including phenoxy) is 3. The van der Waals surface area contributed by atoms with Crippen LogP contribution in [0.5, 0.6) is 0 Å². The van der Waals surface area contributed by atoms with Crippen LogP contribution in [-0.4, -0.2) is 37.2 Å². The molecule has 0 rings (SSSR count). The Morgan fingerprint density at radius 1 is 0.292 bits per heavy atom. The van der Waals surface area contributed by atoms with Crippen LogP contribution in [0.4, 0.5) is 0 Å². The summed E-state index contributed by atoms with van der Waals surface area (Å²) >= 11 is 0. The Hall–Kier alpha value is -1.85. The molecule has 6 nitrogen and oxygen atoms in total. The molecule has 0 atom stereocenters. The molecule has 0 amide bonds. The second kappa shape index (κ2) is 54.8. The number of carbonyl (C=O) groups is 3. The lowest BCUT2D eigenvalue weighted by atomic mass is 10.0. The van der Waals surface area contributed by atoms with E-state index in [2.05, 4.69) is 32.9 Å². The van der Waals surface area contributed by atoms with Crippen LogP contribution in [0.3, 0.4) is 0 Å². The van der Waals surface area contributed by atoms with Crippen LogP contribution in [0.15, 0.2) is 12.2 Å². The highest BCUT2D eigenvalue weighted by Gasteiger charge is 2.19. The van der Waals surface area contributed by atoms with Gasteiger partial charge >= 0.3 is 17.9 Å². The van der Waals surface area contributed by atoms with Crippen LogP contribution in [-0.2, 0) is 28.6 Å². The molecule has 0 saturated heterocycles. The second-order valence-electron chi connectivity index (χ2n) is 19.9. The highest BCUT2D eigenvalue weighted by Crippen LogP contribution is 2.17. The normalized spacial score (nSPS) is 11.6. The number of esters is 3. The zero-order valence-corrected chi connectivity index (χ0v) is 44.0. The number of carbonyl (C=O) groups excluding carboxylic acids is 3. The Balaban J connectivity index is 4.29. The van der Waals surface area contributed by atoms with E-state index in [4.69, 9.17) is 14.2 Å². The van der Waals surface area contributed by atoms with Crippen LogP contribution in [0.25, 0.3) is 0 Å². The van der Waals surface area contributed by atoms with Crippen molar-refractivity contribution in [1.82, 2.24) is 0 Å². The van der Waals surface area contributed by atoms with Gasteiger partial charge in [-0.3, -0.25) is 14.4 Å². The lowest BCUT2D eigenvalue weighted by Gasteiger charge is -2.18. The van der Waals surface area contributed by atoms with Gasteiger partial charge in [-0.15, -0.1) is 0 Å². The maximum Gasteiger partial charge on any atom is 0.306 e. The van der Waals surface area contributed by atoms with Gasteiger partial charge < -0.3 is 14.2 Å². The summed E-state index contributed by atoms with van der Waals surface area (Å²) in [6.45, 7) is 6.68. The van der Waals surface area contributed by atoms with E-state index in [1.807, 2.05) is 0 Å². The molecule has 0 radical (unpaired) electrons. The van der Waals surface area contributed by atoms with Crippen molar-refractivity contribution in [1.29, 1.82) is 0 Å². The fraction of sp³-hybridized carbons (Fsp3) is 0.915. The first-order valence-electron chi connectivity index (χ1n) is 29.2. The van der Waals surface area contributed by atoms with E-state index in [1.54, 1.807) is 0 Å². The third-order valence-electron chi connectivity index (χ3n) is 13.3. The van der Waals surface area contributed by atoms with Gasteiger partial charge in [0, 0.05) is 19.3 Å². The van der Waals surface area contributed by atoms with Gasteiger partial charge in [-0.05, 0) is 44.9 Å². The second-order valence-corrected chi connectivity index (χ2v) is 19.9. The van der Waals surface area contributed by atoms with Gasteiger partial charge in [-0.1, -0.05) is 277 Å². The molecule has 0 aromatic rings. The molecule has 0 aromatic heterocycles. The van der Waals surface area contributed by atoms with Gasteiger partial charge in [-0.25, -0.2) is 0 Å². The quantitative estimate of drug-likeness (QED) is 0.0262. The predicted molar refractivity (Wildman–Crippen MR) is 280 cm³/mol. The van der Waals surface area contributed by atoms with E-state index in [-0.39, 0.29) is 31.1 Å². The van der Waals surface area contributed by atoms with Crippen LogP contribution < -0.4 is 0 Å². The largest absolute Gasteiger partial charge is 0.462 e. The summed E-state index contributed by atoms with van der Waals surface area (Å²) in [5.74, 6) is -0.851. The third-order valence-corrected chi connectivity index (χ3v) is 13.3. The van der Waals surface area contributed by atoms with Crippen molar-refractivity contribution in [2.24, 2.45) is 0 Å². The lowest BCUT2D eigenvalue weighted by Crippen LogP contribution is -2.30. The van der Waals surface area contributed by atoms with Gasteiger partial charge in [0.1, 0.15) is 13.2 Å². The average Bonchev–Trinajstić information content (AvgIpc) is 3.30. The molecule has 0 aliphatic rings. The molecule has 0 saturated carbocycles. The van der Waals surface area contributed by atoms with Gasteiger partial charge in [0.25, 0.3) is 0 Å². The number of hydrogen-bond acceptors (Lipinski definition) is 6. The molecule has 0 aliphatic carbocycles. The minimum Gasteiger partial charge on any atom is -0.462 e. The Kier molecular flexibility index (Phi) is 53.2. The summed E-state index contributed by atoms with van der Waals surface area (Å²) < 4.78 is 16.9. The fourth-order valence-electron chi connectivity index (χ4n) is 8.85. The molecular formula is C59H112O6. The van der Waals surface area contributed by atoms with Gasteiger partial charge in [-0.2, -0.15) is 0 Å². The molecule has 0 fully saturated rings. The van der Waals surface area contributed by atoms with E-state index in [0.717, 1.165) is 64.2 Å². The third kappa shape index (κ3) is 53.0. The van der Waals surface area contributed by atoms with Gasteiger partial charge in [0.15, 0.2) is 6.10 Å². The van der Waals surface area contributed by atoms with Crippen molar-refractivity contribution in [2.45, 2.75) is 335 Å². The van der Waals surface area contributed by atoms with E-state index in [0.29, 0.717) is 19.3 Å². The van der Waals surface area contributed by atoms with E-state index < -0.39 is 6.10 Å². The van der Waals surface area contributed by atoms with Crippen molar-refractivity contribution >= 4 is 17.9 Å². The lowest BCUT2D eigenvalue weighted by molar-refractivity contribution is -0.167. The number of allylic oxidation sites excluding steroid dienone is 2. The molecule has 0 aromatic carbocycles. The summed E-state index contributed by atoms with van der Waals surface area (Å²) in [7, 11) is 0. The van der Waals surface area contributed by atoms with Crippen molar-refractivity contribution in [3.8, 4) is 0 Å². The first-order chi connectivity index (χ1) is 32.0. The molecule has 0 heterocycles. The minimum absolute atomic E-state index is 0.0674. The Morgan fingerprint density at radius 3 is 0.785 bits per heavy atom. The Morgan fingerprint density at radius 2 is 0.508 bits per heavy atom. The molecule has 0 spiro atoms. The molecular weight excluding hydrogens is 805 g/mol. The topological polar surface area (TPSA) is 78.9 Å². The first kappa shape index (κ1) is 63.1. The average molecular weight is 918 g/mol. The van der Waals surface area contributed by atoms with Gasteiger partial charge in [0.2, 0.25) is 0 Å². The highest BCUT2D eigenvalue weighted by molar-refractivity contribution is 5.71.